The van der Waals surface area contributed by atoms with E-state index in [0.29, 0.717) is 12.1 Å². The highest BCUT2D eigenvalue weighted by atomic mass is 16.5. The summed E-state index contributed by atoms with van der Waals surface area (Å²) in [6, 6.07) is 8.61. The van der Waals surface area contributed by atoms with Crippen LogP contribution in [0.1, 0.15) is 25.7 Å². The van der Waals surface area contributed by atoms with Crippen molar-refractivity contribution in [2.24, 2.45) is 0 Å². The first-order valence-electron chi connectivity index (χ1n) is 7.71. The Hall–Kier alpha value is -1.75. The van der Waals surface area contributed by atoms with Gasteiger partial charge >= 0.3 is 6.03 Å². The third kappa shape index (κ3) is 3.29. The number of benzene rings is 1. The summed E-state index contributed by atoms with van der Waals surface area (Å²) in [4.78, 5) is 13.5. The lowest BCUT2D eigenvalue weighted by molar-refractivity contribution is 0.0682. The zero-order valence-corrected chi connectivity index (χ0v) is 12.5. The minimum Gasteiger partial charge on any atom is -0.382 e. The average molecular weight is 289 g/mol. The SMILES string of the molecule is COC1CCC(Nc2cccc(N3CCNC3=O)c2)CC1. The normalized spacial score (nSPS) is 25.8. The molecule has 1 aromatic rings. The fourth-order valence-electron chi connectivity index (χ4n) is 3.16. The zero-order valence-electron chi connectivity index (χ0n) is 12.5. The van der Waals surface area contributed by atoms with Gasteiger partial charge in [0, 0.05) is 37.6 Å². The first kappa shape index (κ1) is 14.2. The molecule has 1 saturated carbocycles. The highest BCUT2D eigenvalue weighted by molar-refractivity contribution is 5.94. The van der Waals surface area contributed by atoms with Crippen LogP contribution in [0.4, 0.5) is 16.2 Å². The first-order valence-corrected chi connectivity index (χ1v) is 7.71. The Morgan fingerprint density at radius 3 is 2.76 bits per heavy atom. The van der Waals surface area contributed by atoms with Crippen LogP contribution < -0.4 is 15.5 Å². The van der Waals surface area contributed by atoms with E-state index < -0.39 is 0 Å². The third-order valence-electron chi connectivity index (χ3n) is 4.39. The summed E-state index contributed by atoms with van der Waals surface area (Å²) >= 11 is 0. The summed E-state index contributed by atoms with van der Waals surface area (Å²) in [5.41, 5.74) is 2.05. The molecule has 3 rings (SSSR count). The van der Waals surface area contributed by atoms with Gasteiger partial charge in [-0.2, -0.15) is 0 Å². The summed E-state index contributed by atoms with van der Waals surface area (Å²) in [7, 11) is 1.79. The van der Waals surface area contributed by atoms with E-state index in [9.17, 15) is 4.79 Å². The summed E-state index contributed by atoms with van der Waals surface area (Å²) < 4.78 is 5.41. The van der Waals surface area contributed by atoms with Crippen LogP contribution in [-0.2, 0) is 4.74 Å². The molecule has 0 atom stereocenters. The number of ether oxygens (including phenoxy) is 1. The van der Waals surface area contributed by atoms with E-state index in [1.807, 2.05) is 12.1 Å². The molecule has 1 aliphatic carbocycles. The molecule has 0 bridgehead atoms. The van der Waals surface area contributed by atoms with Crippen LogP contribution in [0.25, 0.3) is 0 Å². The van der Waals surface area contributed by atoms with Crippen LogP contribution in [0.2, 0.25) is 0 Å². The molecule has 2 aliphatic rings. The Labute approximate surface area is 125 Å². The second-order valence-corrected chi connectivity index (χ2v) is 5.79. The van der Waals surface area contributed by atoms with Gasteiger partial charge < -0.3 is 15.4 Å². The molecular formula is C16H23N3O2. The fraction of sp³-hybridized carbons (Fsp3) is 0.562. The van der Waals surface area contributed by atoms with Gasteiger partial charge in [0.2, 0.25) is 0 Å². The van der Waals surface area contributed by atoms with Crippen molar-refractivity contribution in [3.05, 3.63) is 24.3 Å². The van der Waals surface area contributed by atoms with E-state index in [0.717, 1.165) is 50.1 Å². The third-order valence-corrected chi connectivity index (χ3v) is 4.39. The lowest BCUT2D eigenvalue weighted by Gasteiger charge is -2.29. The number of amides is 2. The number of hydrogen-bond donors (Lipinski definition) is 2. The number of nitrogens with zero attached hydrogens (tertiary/aromatic N) is 1. The second-order valence-electron chi connectivity index (χ2n) is 5.79. The summed E-state index contributed by atoms with van der Waals surface area (Å²) in [5.74, 6) is 0. The van der Waals surface area contributed by atoms with Crippen molar-refractivity contribution in [1.82, 2.24) is 5.32 Å². The van der Waals surface area contributed by atoms with E-state index in [1.165, 1.54) is 0 Å². The van der Waals surface area contributed by atoms with Crippen LogP contribution >= 0.6 is 0 Å². The van der Waals surface area contributed by atoms with Gasteiger partial charge in [-0.3, -0.25) is 4.90 Å². The fourth-order valence-corrected chi connectivity index (χ4v) is 3.16. The number of methoxy groups -OCH3 is 1. The number of anilines is 2. The van der Waals surface area contributed by atoms with Crippen LogP contribution in [-0.4, -0.2) is 38.4 Å². The quantitative estimate of drug-likeness (QED) is 0.896. The molecule has 5 heteroatoms. The van der Waals surface area contributed by atoms with Crippen molar-refractivity contribution >= 4 is 17.4 Å². The molecule has 2 amide bonds. The van der Waals surface area contributed by atoms with Gasteiger partial charge in [-0.15, -0.1) is 0 Å². The van der Waals surface area contributed by atoms with Crippen LogP contribution in [0, 0.1) is 0 Å². The van der Waals surface area contributed by atoms with E-state index in [1.54, 1.807) is 12.0 Å². The molecule has 1 aromatic carbocycles. The first-order chi connectivity index (χ1) is 10.3. The number of urea groups is 1. The van der Waals surface area contributed by atoms with Crippen molar-refractivity contribution in [2.45, 2.75) is 37.8 Å². The van der Waals surface area contributed by atoms with Crippen molar-refractivity contribution < 1.29 is 9.53 Å². The molecule has 0 spiro atoms. The maximum absolute atomic E-state index is 11.7. The van der Waals surface area contributed by atoms with E-state index in [4.69, 9.17) is 4.74 Å². The summed E-state index contributed by atoms with van der Waals surface area (Å²) in [6.07, 6.45) is 4.91. The molecule has 1 saturated heterocycles. The average Bonchev–Trinajstić information content (AvgIpc) is 2.94. The van der Waals surface area contributed by atoms with Gasteiger partial charge in [0.05, 0.1) is 6.10 Å². The second kappa shape index (κ2) is 6.35. The molecule has 0 radical (unpaired) electrons. The smallest absolute Gasteiger partial charge is 0.321 e. The van der Waals surface area contributed by atoms with Crippen molar-refractivity contribution in [1.29, 1.82) is 0 Å². The van der Waals surface area contributed by atoms with E-state index in [-0.39, 0.29) is 6.03 Å². The number of carbonyl (C=O) groups excluding carboxylic acids is 1. The minimum absolute atomic E-state index is 0.00671. The maximum atomic E-state index is 11.7. The van der Waals surface area contributed by atoms with Crippen LogP contribution in [0.5, 0.6) is 0 Å². The topological polar surface area (TPSA) is 53.6 Å². The van der Waals surface area contributed by atoms with E-state index >= 15 is 0 Å². The van der Waals surface area contributed by atoms with Crippen molar-refractivity contribution in [2.75, 3.05) is 30.4 Å². The highest BCUT2D eigenvalue weighted by Crippen LogP contribution is 2.26. The van der Waals surface area contributed by atoms with E-state index in [2.05, 4.69) is 22.8 Å². The van der Waals surface area contributed by atoms with Gasteiger partial charge in [-0.05, 0) is 43.9 Å². The Morgan fingerprint density at radius 1 is 1.29 bits per heavy atom. The maximum Gasteiger partial charge on any atom is 0.321 e. The number of carbonyl (C=O) groups is 1. The predicted molar refractivity (Wildman–Crippen MR) is 83.9 cm³/mol. The summed E-state index contributed by atoms with van der Waals surface area (Å²) in [6.45, 7) is 1.46. The lowest BCUT2D eigenvalue weighted by atomic mass is 9.93. The Morgan fingerprint density at radius 2 is 2.10 bits per heavy atom. The van der Waals surface area contributed by atoms with Gasteiger partial charge in [0.15, 0.2) is 0 Å². The van der Waals surface area contributed by atoms with Gasteiger partial charge in [-0.1, -0.05) is 6.07 Å². The molecular weight excluding hydrogens is 266 g/mol. The van der Waals surface area contributed by atoms with Gasteiger partial charge in [0.1, 0.15) is 0 Å². The molecule has 0 aromatic heterocycles. The predicted octanol–water partition coefficient (Wildman–Crippen LogP) is 2.59. The molecule has 114 valence electrons. The Kier molecular flexibility index (Phi) is 4.29. The molecule has 21 heavy (non-hydrogen) atoms. The van der Waals surface area contributed by atoms with Crippen LogP contribution in [0.15, 0.2) is 24.3 Å². The Bertz CT molecular complexity index is 498. The standard InChI is InChI=1S/C16H23N3O2/c1-21-15-7-5-12(6-8-15)18-13-3-2-4-14(11-13)19-10-9-17-16(19)20/h2-4,11-12,15,18H,5-10H2,1H3,(H,17,20). The molecule has 1 heterocycles. The molecule has 5 nitrogen and oxygen atoms in total. The van der Waals surface area contributed by atoms with Gasteiger partial charge in [-0.25, -0.2) is 4.79 Å². The van der Waals surface area contributed by atoms with Gasteiger partial charge in [0.25, 0.3) is 0 Å². The zero-order chi connectivity index (χ0) is 14.7. The minimum atomic E-state index is -0.00671. The lowest BCUT2D eigenvalue weighted by Crippen LogP contribution is -2.30. The summed E-state index contributed by atoms with van der Waals surface area (Å²) in [5, 5.41) is 6.42. The highest BCUT2D eigenvalue weighted by Gasteiger charge is 2.23. The Balaban J connectivity index is 1.62. The van der Waals surface area contributed by atoms with Crippen molar-refractivity contribution in [3.8, 4) is 0 Å². The molecule has 1 aliphatic heterocycles. The van der Waals surface area contributed by atoms with Crippen LogP contribution in [0.3, 0.4) is 0 Å². The largest absolute Gasteiger partial charge is 0.382 e. The number of hydrogen-bond acceptors (Lipinski definition) is 3. The molecule has 2 fully saturated rings. The molecule has 2 N–H and O–H groups in total. The van der Waals surface area contributed by atoms with Crippen molar-refractivity contribution in [3.63, 3.8) is 0 Å². The monoisotopic (exact) mass is 289 g/mol. The number of nitrogens with one attached hydrogen (secondary N) is 2. The molecule has 0 unspecified atom stereocenters. The number of rotatable bonds is 4.